The van der Waals surface area contributed by atoms with Crippen molar-refractivity contribution in [2.75, 3.05) is 26.1 Å². The van der Waals surface area contributed by atoms with E-state index in [0.29, 0.717) is 27.8 Å². The van der Waals surface area contributed by atoms with E-state index in [2.05, 4.69) is 10.6 Å². The molecule has 0 saturated carbocycles. The summed E-state index contributed by atoms with van der Waals surface area (Å²) >= 11 is 5.89. The number of methoxy groups -OCH3 is 2. The van der Waals surface area contributed by atoms with Crippen molar-refractivity contribution in [2.45, 2.75) is 12.5 Å². The van der Waals surface area contributed by atoms with E-state index < -0.39 is 29.9 Å². The molecule has 0 bridgehead atoms. The molecule has 1 aliphatic heterocycles. The van der Waals surface area contributed by atoms with Gasteiger partial charge in [-0.2, -0.15) is 0 Å². The lowest BCUT2D eigenvalue weighted by atomic mass is 9.92. The fraction of sp³-hybridized carbons (Fsp3) is 0.250. The quantitative estimate of drug-likeness (QED) is 0.704. The first-order valence-electron chi connectivity index (χ1n) is 8.70. The molecule has 2 N–H and O–H groups in total. The van der Waals surface area contributed by atoms with Crippen molar-refractivity contribution in [1.82, 2.24) is 10.2 Å². The molecular formula is C20H20ClN3O5. The normalized spacial score (nSPS) is 18.4. The van der Waals surface area contributed by atoms with Gasteiger partial charge >= 0.3 is 6.03 Å². The zero-order chi connectivity index (χ0) is 21.2. The summed E-state index contributed by atoms with van der Waals surface area (Å²) in [7, 11) is 2.96. The molecule has 2 aromatic carbocycles. The van der Waals surface area contributed by atoms with Gasteiger partial charge in [-0.15, -0.1) is 0 Å². The molecule has 0 aliphatic carbocycles. The molecule has 1 atom stereocenters. The number of hydrogen-bond donors (Lipinski definition) is 2. The highest BCUT2D eigenvalue weighted by Crippen LogP contribution is 2.31. The third-order valence-corrected chi connectivity index (χ3v) is 4.93. The smallest absolute Gasteiger partial charge is 0.325 e. The van der Waals surface area contributed by atoms with Crippen molar-refractivity contribution in [3.63, 3.8) is 0 Å². The van der Waals surface area contributed by atoms with Gasteiger partial charge in [0.25, 0.3) is 5.91 Å². The molecule has 1 heterocycles. The standard InChI is InChI=1S/C20H20ClN3O5/c1-20(12-4-6-13(21)7-5-12)18(26)24(19(27)23-20)11-17(25)22-15-10-14(28-2)8-9-16(15)29-3/h4-10H,11H2,1-3H3,(H,22,25)(H,23,27)/t20-/m0/s1. The summed E-state index contributed by atoms with van der Waals surface area (Å²) in [6, 6.07) is 10.8. The molecule has 0 radical (unpaired) electrons. The van der Waals surface area contributed by atoms with Gasteiger partial charge in [0.15, 0.2) is 0 Å². The molecule has 0 spiro atoms. The maximum atomic E-state index is 12.9. The molecule has 2 aromatic rings. The van der Waals surface area contributed by atoms with Gasteiger partial charge in [0.1, 0.15) is 23.6 Å². The first kappa shape index (κ1) is 20.5. The molecule has 0 unspecified atom stereocenters. The second-order valence-electron chi connectivity index (χ2n) is 6.57. The third kappa shape index (κ3) is 3.97. The van der Waals surface area contributed by atoms with Crippen LogP contribution in [0.2, 0.25) is 5.02 Å². The van der Waals surface area contributed by atoms with Crippen molar-refractivity contribution in [1.29, 1.82) is 0 Å². The van der Waals surface area contributed by atoms with Crippen LogP contribution in [0.5, 0.6) is 11.5 Å². The zero-order valence-electron chi connectivity index (χ0n) is 16.1. The number of anilines is 1. The molecular weight excluding hydrogens is 398 g/mol. The summed E-state index contributed by atoms with van der Waals surface area (Å²) in [5.74, 6) is -0.147. The molecule has 29 heavy (non-hydrogen) atoms. The van der Waals surface area contributed by atoms with Gasteiger partial charge < -0.3 is 20.1 Å². The lowest BCUT2D eigenvalue weighted by molar-refractivity contribution is -0.133. The number of rotatable bonds is 6. The number of halogens is 1. The summed E-state index contributed by atoms with van der Waals surface area (Å²) in [6.45, 7) is 1.13. The van der Waals surface area contributed by atoms with Crippen LogP contribution in [0.4, 0.5) is 10.5 Å². The minimum absolute atomic E-state index is 0.365. The van der Waals surface area contributed by atoms with Crippen LogP contribution in [0.25, 0.3) is 0 Å². The van der Waals surface area contributed by atoms with Crippen molar-refractivity contribution in [2.24, 2.45) is 0 Å². The van der Waals surface area contributed by atoms with E-state index in [9.17, 15) is 14.4 Å². The first-order valence-corrected chi connectivity index (χ1v) is 9.08. The lowest BCUT2D eigenvalue weighted by Crippen LogP contribution is -2.42. The van der Waals surface area contributed by atoms with Gasteiger partial charge in [0.05, 0.1) is 19.9 Å². The van der Waals surface area contributed by atoms with Crippen LogP contribution in [0.15, 0.2) is 42.5 Å². The van der Waals surface area contributed by atoms with E-state index in [0.717, 1.165) is 4.90 Å². The highest BCUT2D eigenvalue weighted by Gasteiger charge is 2.49. The topological polar surface area (TPSA) is 97.0 Å². The van der Waals surface area contributed by atoms with Crippen LogP contribution in [0, 0.1) is 0 Å². The molecule has 3 rings (SSSR count). The van der Waals surface area contributed by atoms with E-state index in [1.807, 2.05) is 0 Å². The average Bonchev–Trinajstić information content (AvgIpc) is 2.92. The molecule has 1 saturated heterocycles. The van der Waals surface area contributed by atoms with Crippen molar-refractivity contribution >= 4 is 35.1 Å². The summed E-state index contributed by atoms with van der Waals surface area (Å²) in [4.78, 5) is 38.7. The Morgan fingerprint density at radius 1 is 1.14 bits per heavy atom. The van der Waals surface area contributed by atoms with Crippen LogP contribution in [0.1, 0.15) is 12.5 Å². The number of carbonyl (C=O) groups excluding carboxylic acids is 3. The molecule has 9 heteroatoms. The Balaban J connectivity index is 1.77. The molecule has 8 nitrogen and oxygen atoms in total. The lowest BCUT2D eigenvalue weighted by Gasteiger charge is -2.22. The van der Waals surface area contributed by atoms with E-state index in [1.165, 1.54) is 14.2 Å². The number of ether oxygens (including phenoxy) is 2. The Bertz CT molecular complexity index is 963. The van der Waals surface area contributed by atoms with Gasteiger partial charge in [-0.3, -0.25) is 14.5 Å². The maximum Gasteiger partial charge on any atom is 0.325 e. The second kappa shape index (κ2) is 8.00. The van der Waals surface area contributed by atoms with Gasteiger partial charge in [-0.1, -0.05) is 23.7 Å². The maximum absolute atomic E-state index is 12.9. The van der Waals surface area contributed by atoms with Gasteiger partial charge in [0, 0.05) is 11.1 Å². The monoisotopic (exact) mass is 417 g/mol. The zero-order valence-corrected chi connectivity index (χ0v) is 16.9. The van der Waals surface area contributed by atoms with E-state index in [1.54, 1.807) is 49.4 Å². The SMILES string of the molecule is COc1ccc(OC)c(NC(=O)CN2C(=O)N[C@@](C)(c3ccc(Cl)cc3)C2=O)c1. The largest absolute Gasteiger partial charge is 0.497 e. The summed E-state index contributed by atoms with van der Waals surface area (Å²) in [5, 5.41) is 5.80. The number of benzene rings is 2. The molecule has 1 aliphatic rings. The van der Waals surface area contributed by atoms with Crippen LogP contribution in [-0.2, 0) is 15.1 Å². The van der Waals surface area contributed by atoms with Crippen LogP contribution < -0.4 is 20.1 Å². The second-order valence-corrected chi connectivity index (χ2v) is 7.00. The number of nitrogens with zero attached hydrogens (tertiary/aromatic N) is 1. The highest BCUT2D eigenvalue weighted by atomic mass is 35.5. The Morgan fingerprint density at radius 2 is 1.83 bits per heavy atom. The summed E-state index contributed by atoms with van der Waals surface area (Å²) in [5.41, 5.74) is -0.350. The predicted octanol–water partition coefficient (Wildman–Crippen LogP) is 2.76. The Kier molecular flexibility index (Phi) is 5.65. The minimum atomic E-state index is -1.28. The van der Waals surface area contributed by atoms with E-state index >= 15 is 0 Å². The predicted molar refractivity (Wildman–Crippen MR) is 107 cm³/mol. The highest BCUT2D eigenvalue weighted by molar-refractivity contribution is 6.30. The van der Waals surface area contributed by atoms with Crippen molar-refractivity contribution in [3.05, 3.63) is 53.1 Å². The fourth-order valence-electron chi connectivity index (χ4n) is 3.06. The Morgan fingerprint density at radius 3 is 2.45 bits per heavy atom. The average molecular weight is 418 g/mol. The third-order valence-electron chi connectivity index (χ3n) is 4.68. The molecule has 152 valence electrons. The number of amides is 4. The number of hydrogen-bond acceptors (Lipinski definition) is 5. The first-order chi connectivity index (χ1) is 13.8. The van der Waals surface area contributed by atoms with Crippen LogP contribution >= 0.6 is 11.6 Å². The van der Waals surface area contributed by atoms with Gasteiger partial charge in [-0.25, -0.2) is 4.79 Å². The van der Waals surface area contributed by atoms with Crippen molar-refractivity contribution < 1.29 is 23.9 Å². The molecule has 4 amide bonds. The Labute approximate surface area is 172 Å². The van der Waals surface area contributed by atoms with Crippen molar-refractivity contribution in [3.8, 4) is 11.5 Å². The van der Waals surface area contributed by atoms with Gasteiger partial charge in [-0.05, 0) is 36.8 Å². The van der Waals surface area contributed by atoms with Gasteiger partial charge in [0.2, 0.25) is 5.91 Å². The number of carbonyl (C=O) groups is 3. The minimum Gasteiger partial charge on any atom is -0.497 e. The van der Waals surface area contributed by atoms with E-state index in [4.69, 9.17) is 21.1 Å². The summed E-state index contributed by atoms with van der Waals surface area (Å²) in [6.07, 6.45) is 0. The van der Waals surface area contributed by atoms with Crippen LogP contribution in [-0.4, -0.2) is 43.5 Å². The molecule has 0 aromatic heterocycles. The molecule has 1 fully saturated rings. The van der Waals surface area contributed by atoms with Crippen LogP contribution in [0.3, 0.4) is 0 Å². The Hall–Kier alpha value is -3.26. The van der Waals surface area contributed by atoms with E-state index in [-0.39, 0.29) is 0 Å². The number of urea groups is 1. The number of nitrogens with one attached hydrogen (secondary N) is 2. The summed E-state index contributed by atoms with van der Waals surface area (Å²) < 4.78 is 10.4. The number of imide groups is 1. The fourth-order valence-corrected chi connectivity index (χ4v) is 3.19.